The van der Waals surface area contributed by atoms with E-state index in [1.807, 2.05) is 12.1 Å². The third-order valence-electron chi connectivity index (χ3n) is 1.89. The molecular formula is C8H12ClN2O2P. The molecule has 0 aromatic heterocycles. The number of rotatable bonds is 6. The van der Waals surface area contributed by atoms with Crippen LogP contribution in [-0.4, -0.2) is 29.2 Å². The molecule has 14 heavy (non-hydrogen) atoms. The minimum absolute atomic E-state index is 0.117. The molecule has 1 atom stereocenters. The first-order chi connectivity index (χ1) is 6.60. The molecule has 0 aromatic carbocycles. The third kappa shape index (κ3) is 4.11. The van der Waals surface area contributed by atoms with Gasteiger partial charge in [-0.05, 0) is 0 Å². The summed E-state index contributed by atoms with van der Waals surface area (Å²) in [7, 11) is -2.86. The standard InChI is InChI=1S/C8H12ClN2O2P/c9-7-8(12)14(13,5-1-3-10)6-2-4-11/h8,12H,1-2,5-7H2. The SMILES string of the molecule is N#CCCP(=O)(CCC#N)C(O)CCl. The van der Waals surface area contributed by atoms with Gasteiger partial charge in [0.1, 0.15) is 13.0 Å². The average Bonchev–Trinajstić information content (AvgIpc) is 2.22. The Hall–Kier alpha value is -0.540. The monoisotopic (exact) mass is 234 g/mol. The fraction of sp³-hybridized carbons (Fsp3) is 0.750. The van der Waals surface area contributed by atoms with Crippen LogP contribution >= 0.6 is 18.7 Å². The summed E-state index contributed by atoms with van der Waals surface area (Å²) in [6.07, 6.45) is 0.519. The minimum Gasteiger partial charge on any atom is -0.384 e. The van der Waals surface area contributed by atoms with Gasteiger partial charge in [0, 0.05) is 25.2 Å². The molecule has 0 spiro atoms. The Labute approximate surface area is 88.5 Å². The van der Waals surface area contributed by atoms with Crippen molar-refractivity contribution in [3.8, 4) is 12.1 Å². The highest BCUT2D eigenvalue weighted by Gasteiger charge is 2.29. The van der Waals surface area contributed by atoms with Crippen LogP contribution in [0.3, 0.4) is 0 Å². The summed E-state index contributed by atoms with van der Waals surface area (Å²) >= 11 is 5.41. The smallest absolute Gasteiger partial charge is 0.120 e. The first kappa shape index (κ1) is 13.5. The highest BCUT2D eigenvalue weighted by Crippen LogP contribution is 2.50. The minimum atomic E-state index is -2.86. The number of hydrogen-bond donors (Lipinski definition) is 1. The summed E-state index contributed by atoms with van der Waals surface area (Å²) < 4.78 is 12.0. The molecule has 4 nitrogen and oxygen atoms in total. The highest BCUT2D eigenvalue weighted by atomic mass is 35.5. The second kappa shape index (κ2) is 6.85. The van der Waals surface area contributed by atoms with E-state index in [0.717, 1.165) is 0 Å². The first-order valence-corrected chi connectivity index (χ1v) is 6.84. The van der Waals surface area contributed by atoms with Crippen molar-refractivity contribution in [2.24, 2.45) is 0 Å². The van der Waals surface area contributed by atoms with Gasteiger partial charge in [0.25, 0.3) is 0 Å². The summed E-state index contributed by atoms with van der Waals surface area (Å²) in [6, 6.07) is 3.74. The molecule has 0 aromatic rings. The van der Waals surface area contributed by atoms with Gasteiger partial charge >= 0.3 is 0 Å². The molecule has 0 heterocycles. The van der Waals surface area contributed by atoms with Crippen LogP contribution in [0.1, 0.15) is 12.8 Å². The molecule has 0 radical (unpaired) electrons. The Morgan fingerprint density at radius 3 is 2.00 bits per heavy atom. The van der Waals surface area contributed by atoms with Crippen molar-refractivity contribution in [3.05, 3.63) is 0 Å². The first-order valence-electron chi connectivity index (χ1n) is 4.16. The van der Waals surface area contributed by atoms with E-state index in [0.29, 0.717) is 0 Å². The fourth-order valence-electron chi connectivity index (χ4n) is 1.01. The van der Waals surface area contributed by atoms with E-state index in [1.54, 1.807) is 0 Å². The maximum Gasteiger partial charge on any atom is 0.120 e. The molecule has 6 heteroatoms. The maximum atomic E-state index is 12.0. The molecular weight excluding hydrogens is 223 g/mol. The lowest BCUT2D eigenvalue weighted by atomic mass is 10.5. The molecule has 0 aliphatic rings. The van der Waals surface area contributed by atoms with Gasteiger partial charge < -0.3 is 9.67 Å². The van der Waals surface area contributed by atoms with Crippen molar-refractivity contribution in [1.82, 2.24) is 0 Å². The van der Waals surface area contributed by atoms with Crippen molar-refractivity contribution < 1.29 is 9.67 Å². The molecule has 0 fully saturated rings. The van der Waals surface area contributed by atoms with Crippen LogP contribution in [0.15, 0.2) is 0 Å². The molecule has 0 aliphatic carbocycles. The highest BCUT2D eigenvalue weighted by molar-refractivity contribution is 7.64. The van der Waals surface area contributed by atoms with Gasteiger partial charge in [-0.25, -0.2) is 0 Å². The zero-order chi connectivity index (χ0) is 11.0. The van der Waals surface area contributed by atoms with Gasteiger partial charge in [-0.15, -0.1) is 11.6 Å². The van der Waals surface area contributed by atoms with Gasteiger partial charge in [-0.2, -0.15) is 10.5 Å². The second-order valence-electron chi connectivity index (χ2n) is 2.85. The van der Waals surface area contributed by atoms with E-state index < -0.39 is 13.0 Å². The van der Waals surface area contributed by atoms with Gasteiger partial charge in [0.05, 0.1) is 18.0 Å². The number of nitriles is 2. The molecule has 0 amide bonds. The van der Waals surface area contributed by atoms with E-state index in [4.69, 9.17) is 22.1 Å². The van der Waals surface area contributed by atoms with E-state index >= 15 is 0 Å². The zero-order valence-electron chi connectivity index (χ0n) is 7.69. The lowest BCUT2D eigenvalue weighted by Gasteiger charge is -2.20. The van der Waals surface area contributed by atoms with Crippen LogP contribution in [0.25, 0.3) is 0 Å². The third-order valence-corrected chi connectivity index (χ3v) is 5.62. The summed E-state index contributed by atoms with van der Waals surface area (Å²) in [5.74, 6) is -1.21. The van der Waals surface area contributed by atoms with Gasteiger partial charge in [-0.3, -0.25) is 0 Å². The van der Waals surface area contributed by atoms with Crippen LogP contribution in [-0.2, 0) is 4.57 Å². The van der Waals surface area contributed by atoms with Crippen LogP contribution in [0, 0.1) is 22.7 Å². The van der Waals surface area contributed by atoms with Crippen LogP contribution in [0.5, 0.6) is 0 Å². The molecule has 0 saturated carbocycles. The van der Waals surface area contributed by atoms with Crippen molar-refractivity contribution in [2.75, 3.05) is 18.2 Å². The Morgan fingerprint density at radius 2 is 1.71 bits per heavy atom. The van der Waals surface area contributed by atoms with E-state index in [1.165, 1.54) is 0 Å². The Kier molecular flexibility index (Phi) is 6.58. The molecule has 78 valence electrons. The quantitative estimate of drug-likeness (QED) is 0.560. The number of aliphatic hydroxyl groups excluding tert-OH is 1. The van der Waals surface area contributed by atoms with E-state index in [2.05, 4.69) is 0 Å². The van der Waals surface area contributed by atoms with Crippen molar-refractivity contribution in [3.63, 3.8) is 0 Å². The molecule has 0 saturated heterocycles. The summed E-state index contributed by atoms with van der Waals surface area (Å²) in [6.45, 7) is 0. The topological polar surface area (TPSA) is 84.9 Å². The summed E-state index contributed by atoms with van der Waals surface area (Å²) in [4.78, 5) is 0. The van der Waals surface area contributed by atoms with Crippen LogP contribution < -0.4 is 0 Å². The Bertz CT molecular complexity index is 273. The van der Waals surface area contributed by atoms with Crippen LogP contribution in [0.2, 0.25) is 0 Å². The predicted molar refractivity (Wildman–Crippen MR) is 54.5 cm³/mol. The average molecular weight is 235 g/mol. The van der Waals surface area contributed by atoms with E-state index in [-0.39, 0.29) is 31.0 Å². The van der Waals surface area contributed by atoms with Crippen molar-refractivity contribution in [1.29, 1.82) is 10.5 Å². The second-order valence-corrected chi connectivity index (χ2v) is 6.55. The maximum absolute atomic E-state index is 12.0. The number of halogens is 1. The Balaban J connectivity index is 4.44. The molecule has 1 unspecified atom stereocenters. The zero-order valence-corrected chi connectivity index (χ0v) is 9.34. The van der Waals surface area contributed by atoms with Crippen LogP contribution in [0.4, 0.5) is 0 Å². The normalized spacial score (nSPS) is 12.9. The molecule has 1 N–H and O–H groups in total. The number of alkyl halides is 1. The summed E-state index contributed by atoms with van der Waals surface area (Å²) in [5, 5.41) is 26.1. The fourth-order valence-corrected chi connectivity index (χ4v) is 3.80. The van der Waals surface area contributed by atoms with Gasteiger partial charge in [0.2, 0.25) is 0 Å². The molecule has 0 aliphatic heterocycles. The van der Waals surface area contributed by atoms with E-state index in [9.17, 15) is 9.67 Å². The van der Waals surface area contributed by atoms with Crippen molar-refractivity contribution in [2.45, 2.75) is 18.7 Å². The summed E-state index contributed by atoms with van der Waals surface area (Å²) in [5.41, 5.74) is 0. The molecule has 0 bridgehead atoms. The predicted octanol–water partition coefficient (Wildman–Crippen LogP) is 1.73. The van der Waals surface area contributed by atoms with Gasteiger partial charge in [-0.1, -0.05) is 0 Å². The van der Waals surface area contributed by atoms with Crippen molar-refractivity contribution >= 4 is 18.7 Å². The lowest BCUT2D eigenvalue weighted by Crippen LogP contribution is -2.14. The number of nitrogens with zero attached hydrogens (tertiary/aromatic N) is 2. The van der Waals surface area contributed by atoms with Gasteiger partial charge in [0.15, 0.2) is 0 Å². The molecule has 0 rings (SSSR count). The lowest BCUT2D eigenvalue weighted by molar-refractivity contribution is 0.269. The Morgan fingerprint density at radius 1 is 1.29 bits per heavy atom. The largest absolute Gasteiger partial charge is 0.384 e. The number of aliphatic hydroxyl groups is 1. The number of hydrogen-bond acceptors (Lipinski definition) is 4.